The first-order valence-electron chi connectivity index (χ1n) is 20.4. The molecule has 9 aromatic carbocycles. The van der Waals surface area contributed by atoms with Crippen LogP contribution >= 0.6 is 0 Å². The third-order valence-electron chi connectivity index (χ3n) is 11.2. The van der Waals surface area contributed by atoms with Gasteiger partial charge in [0, 0.05) is 26.3 Å². The fourth-order valence-corrected chi connectivity index (χ4v) is 8.10. The van der Waals surface area contributed by atoms with Gasteiger partial charge in [0.05, 0.1) is 0 Å². The molecular weight excluding hydrogens is 915 g/mol. The number of pyridine rings is 1. The molecule has 0 N–H and O–H groups in total. The summed E-state index contributed by atoms with van der Waals surface area (Å²) in [5, 5.41) is 0. The Hall–Kier alpha value is -7.22. The predicted molar refractivity (Wildman–Crippen MR) is 252 cm³/mol. The number of nitrogens with zero attached hydrogens (tertiary/aromatic N) is 1. The molecule has 0 aliphatic rings. The minimum Gasteiger partial charge on any atom is -0.305 e. The second-order valence-electron chi connectivity index (χ2n) is 15.1. The third-order valence-corrected chi connectivity index (χ3v) is 11.2. The Balaban J connectivity index is 0.00000476. The zero-order valence-electron chi connectivity index (χ0n) is 33.4. The van der Waals surface area contributed by atoms with Gasteiger partial charge in [-0.1, -0.05) is 158 Å². The topological polar surface area (TPSA) is 12.9 Å². The third kappa shape index (κ3) is 8.74. The van der Waals surface area contributed by atoms with Crippen molar-refractivity contribution in [2.24, 2.45) is 0 Å². The molecule has 291 valence electrons. The SMILES string of the molecule is [Ir].[c-]1ccc(-c2cccc(-c3cc(-c4cccc(-c5cccc(-c6ccccc6)c5)c4)cc(-c4cc(-c5ccccc5)cc(-c5ccccc5)c4)c3)c2)cc1-c1ccccn1. The first kappa shape index (κ1) is 39.3. The number of hydrogen-bond acceptors (Lipinski definition) is 1. The Bertz CT molecular complexity index is 2860. The van der Waals surface area contributed by atoms with Gasteiger partial charge in [0.1, 0.15) is 0 Å². The Labute approximate surface area is 372 Å². The Kier molecular flexibility index (Phi) is 11.6. The molecule has 0 unspecified atom stereocenters. The molecule has 1 aromatic heterocycles. The summed E-state index contributed by atoms with van der Waals surface area (Å²) < 4.78 is 0. The zero-order chi connectivity index (χ0) is 40.1. The Morgan fingerprint density at radius 1 is 0.246 bits per heavy atom. The van der Waals surface area contributed by atoms with Gasteiger partial charge in [-0.3, -0.25) is 0 Å². The van der Waals surface area contributed by atoms with E-state index in [1.165, 1.54) is 50.1 Å². The monoisotopic (exact) mass is 955 g/mol. The van der Waals surface area contributed by atoms with Crippen molar-refractivity contribution in [1.29, 1.82) is 0 Å². The minimum absolute atomic E-state index is 0. The van der Waals surface area contributed by atoms with E-state index in [2.05, 4.69) is 223 Å². The molecule has 61 heavy (non-hydrogen) atoms. The van der Waals surface area contributed by atoms with E-state index in [-0.39, 0.29) is 20.1 Å². The van der Waals surface area contributed by atoms with Gasteiger partial charge in [-0.15, -0.1) is 35.4 Å². The van der Waals surface area contributed by atoms with E-state index < -0.39 is 0 Å². The van der Waals surface area contributed by atoms with Crippen molar-refractivity contribution in [3.05, 3.63) is 249 Å². The molecule has 0 bridgehead atoms. The van der Waals surface area contributed by atoms with Crippen LogP contribution in [0, 0.1) is 6.07 Å². The number of benzene rings is 9. The van der Waals surface area contributed by atoms with Crippen LogP contribution in [-0.2, 0) is 20.1 Å². The summed E-state index contributed by atoms with van der Waals surface area (Å²) in [7, 11) is 0. The van der Waals surface area contributed by atoms with Crippen LogP contribution in [0.5, 0.6) is 0 Å². The van der Waals surface area contributed by atoms with Crippen LogP contribution in [0.4, 0.5) is 0 Å². The molecule has 0 saturated carbocycles. The average Bonchev–Trinajstić information content (AvgIpc) is 3.35. The molecule has 1 nitrogen and oxygen atoms in total. The normalized spacial score (nSPS) is 10.8. The maximum atomic E-state index is 4.59. The van der Waals surface area contributed by atoms with Crippen molar-refractivity contribution in [3.63, 3.8) is 0 Å². The van der Waals surface area contributed by atoms with E-state index in [4.69, 9.17) is 0 Å². The summed E-state index contributed by atoms with van der Waals surface area (Å²) in [5.74, 6) is 0. The second kappa shape index (κ2) is 18.0. The number of rotatable bonds is 9. The summed E-state index contributed by atoms with van der Waals surface area (Å²) in [6, 6.07) is 88.4. The van der Waals surface area contributed by atoms with Gasteiger partial charge < -0.3 is 4.98 Å². The van der Waals surface area contributed by atoms with Gasteiger partial charge in [0.25, 0.3) is 0 Å². The average molecular weight is 955 g/mol. The van der Waals surface area contributed by atoms with Crippen molar-refractivity contribution in [2.45, 2.75) is 0 Å². The van der Waals surface area contributed by atoms with Gasteiger partial charge in [-0.25, -0.2) is 0 Å². The summed E-state index contributed by atoms with van der Waals surface area (Å²) >= 11 is 0. The molecular formula is C59H40IrN-. The van der Waals surface area contributed by atoms with Gasteiger partial charge in [-0.2, -0.15) is 0 Å². The maximum Gasteiger partial charge on any atom is 0.0160 e. The van der Waals surface area contributed by atoms with E-state index >= 15 is 0 Å². The Morgan fingerprint density at radius 3 is 0.951 bits per heavy atom. The van der Waals surface area contributed by atoms with E-state index in [1.807, 2.05) is 30.5 Å². The van der Waals surface area contributed by atoms with Crippen molar-refractivity contribution in [3.8, 4) is 100 Å². The van der Waals surface area contributed by atoms with E-state index in [1.54, 1.807) is 0 Å². The minimum atomic E-state index is 0. The van der Waals surface area contributed by atoms with Gasteiger partial charge >= 0.3 is 0 Å². The number of aromatic nitrogens is 1. The first-order valence-corrected chi connectivity index (χ1v) is 20.4. The van der Waals surface area contributed by atoms with Crippen molar-refractivity contribution < 1.29 is 20.1 Å². The molecule has 2 heteroatoms. The van der Waals surface area contributed by atoms with Gasteiger partial charge in [0.2, 0.25) is 0 Å². The molecule has 0 aliphatic carbocycles. The van der Waals surface area contributed by atoms with Crippen molar-refractivity contribution in [1.82, 2.24) is 4.98 Å². The fraction of sp³-hybridized carbons (Fsp3) is 0. The smallest absolute Gasteiger partial charge is 0.0160 e. The second-order valence-corrected chi connectivity index (χ2v) is 15.1. The summed E-state index contributed by atoms with van der Waals surface area (Å²) in [5.41, 5.74) is 20.7. The molecule has 0 saturated heterocycles. The molecule has 1 radical (unpaired) electrons. The Morgan fingerprint density at radius 2 is 0.541 bits per heavy atom. The maximum absolute atomic E-state index is 4.59. The van der Waals surface area contributed by atoms with Crippen LogP contribution in [0.15, 0.2) is 243 Å². The van der Waals surface area contributed by atoms with Crippen LogP contribution in [0.1, 0.15) is 0 Å². The molecule has 0 amide bonds. The van der Waals surface area contributed by atoms with Gasteiger partial charge in [0.15, 0.2) is 0 Å². The van der Waals surface area contributed by atoms with Crippen LogP contribution in [0.2, 0.25) is 0 Å². The van der Waals surface area contributed by atoms with Crippen molar-refractivity contribution in [2.75, 3.05) is 0 Å². The molecule has 0 fully saturated rings. The van der Waals surface area contributed by atoms with Crippen LogP contribution in [0.25, 0.3) is 100 Å². The van der Waals surface area contributed by atoms with Crippen molar-refractivity contribution >= 4 is 0 Å². The summed E-state index contributed by atoms with van der Waals surface area (Å²) in [6.45, 7) is 0. The van der Waals surface area contributed by atoms with E-state index in [0.29, 0.717) is 0 Å². The molecule has 0 aliphatic heterocycles. The standard InChI is InChI=1S/C59H40N.Ir/c1-4-16-42(17-5-1)45-22-12-23-46(32-45)47-24-13-27-50(33-47)55-39-56(51-28-14-25-48(34-51)49-26-15-29-52(35-49)59-30-10-11-31-60-59)41-58(40-55)57-37-53(43-18-6-2-7-19-43)36-54(38-57)44-20-8-3-9-21-44;/h1-28,30-41H;/q-1;. The quantitative estimate of drug-likeness (QED) is 0.131. The fourth-order valence-electron chi connectivity index (χ4n) is 8.10. The van der Waals surface area contributed by atoms with Crippen LogP contribution in [0.3, 0.4) is 0 Å². The largest absolute Gasteiger partial charge is 0.305 e. The zero-order valence-corrected chi connectivity index (χ0v) is 35.8. The summed E-state index contributed by atoms with van der Waals surface area (Å²) in [6.07, 6.45) is 1.83. The summed E-state index contributed by atoms with van der Waals surface area (Å²) in [4.78, 5) is 4.59. The molecule has 10 rings (SSSR count). The molecule has 1 heterocycles. The molecule has 0 spiro atoms. The number of hydrogen-bond donors (Lipinski definition) is 0. The van der Waals surface area contributed by atoms with Crippen LogP contribution < -0.4 is 0 Å². The van der Waals surface area contributed by atoms with Gasteiger partial charge in [-0.05, 0) is 150 Å². The predicted octanol–water partition coefficient (Wildman–Crippen LogP) is 15.9. The first-order chi connectivity index (χ1) is 29.7. The van der Waals surface area contributed by atoms with E-state index in [9.17, 15) is 0 Å². The molecule has 10 aromatic rings. The van der Waals surface area contributed by atoms with Crippen LogP contribution in [-0.4, -0.2) is 4.98 Å². The van der Waals surface area contributed by atoms with E-state index in [0.717, 1.165) is 50.2 Å². The molecule has 0 atom stereocenters.